The Morgan fingerprint density at radius 3 is 2.89 bits per heavy atom. The number of rotatable bonds is 2. The number of carbonyl (C=O) groups is 1. The summed E-state index contributed by atoms with van der Waals surface area (Å²) in [7, 11) is 0. The van der Waals surface area contributed by atoms with Gasteiger partial charge in [0.05, 0.1) is 0 Å². The van der Waals surface area contributed by atoms with Crippen LogP contribution in [0.1, 0.15) is 18.4 Å². The fourth-order valence-electron chi connectivity index (χ4n) is 2.13. The quantitative estimate of drug-likeness (QED) is 0.844. The van der Waals surface area contributed by atoms with Crippen molar-refractivity contribution in [2.75, 3.05) is 0 Å². The lowest BCUT2D eigenvalue weighted by Gasteiger charge is -2.26. The first-order valence-corrected chi connectivity index (χ1v) is 6.37. The van der Waals surface area contributed by atoms with E-state index in [9.17, 15) is 4.79 Å². The average Bonchev–Trinajstić information content (AvgIpc) is 2.46. The summed E-state index contributed by atoms with van der Waals surface area (Å²) < 4.78 is 0. The maximum absolute atomic E-state index is 11.4. The second kappa shape index (κ2) is 5.10. The minimum atomic E-state index is -0.127. The first-order chi connectivity index (χ1) is 9.31. The monoisotopic (exact) mass is 253 g/mol. The highest BCUT2D eigenvalue weighted by molar-refractivity contribution is 5.88. The molecule has 4 heteroatoms. The molecular formula is C15H15N3O. The first-order valence-electron chi connectivity index (χ1n) is 6.37. The van der Waals surface area contributed by atoms with E-state index in [1.165, 1.54) is 0 Å². The Hall–Kier alpha value is -2.36. The molecule has 0 radical (unpaired) electrons. The molecule has 0 spiro atoms. The molecule has 0 aliphatic carbocycles. The van der Waals surface area contributed by atoms with Gasteiger partial charge < -0.3 is 10.6 Å². The summed E-state index contributed by atoms with van der Waals surface area (Å²) in [4.78, 5) is 15.8. The SMILES string of the molecule is O=C1CCC2=C(N1)NC(/C=C/c1ccccc1)N=C2. The molecule has 1 unspecified atom stereocenters. The number of nitrogens with zero attached hydrogens (tertiary/aromatic N) is 1. The molecule has 1 aromatic rings. The van der Waals surface area contributed by atoms with E-state index < -0.39 is 0 Å². The molecular weight excluding hydrogens is 238 g/mol. The molecule has 0 saturated carbocycles. The van der Waals surface area contributed by atoms with Gasteiger partial charge in [-0.3, -0.25) is 9.79 Å². The van der Waals surface area contributed by atoms with Crippen LogP contribution in [0.3, 0.4) is 0 Å². The Bertz CT molecular complexity index is 572. The highest BCUT2D eigenvalue weighted by Gasteiger charge is 2.21. The summed E-state index contributed by atoms with van der Waals surface area (Å²) in [6, 6.07) is 10.1. The fraction of sp³-hybridized carbons (Fsp3) is 0.200. The van der Waals surface area contributed by atoms with Gasteiger partial charge in [-0.2, -0.15) is 0 Å². The summed E-state index contributed by atoms with van der Waals surface area (Å²) in [5, 5.41) is 6.07. The van der Waals surface area contributed by atoms with Crippen LogP contribution in [0.15, 0.2) is 52.8 Å². The van der Waals surface area contributed by atoms with Crippen molar-refractivity contribution in [3.63, 3.8) is 0 Å². The fourth-order valence-corrected chi connectivity index (χ4v) is 2.13. The van der Waals surface area contributed by atoms with Crippen LogP contribution < -0.4 is 10.6 Å². The van der Waals surface area contributed by atoms with Crippen molar-refractivity contribution in [2.24, 2.45) is 4.99 Å². The van der Waals surface area contributed by atoms with Gasteiger partial charge in [-0.25, -0.2) is 0 Å². The Morgan fingerprint density at radius 2 is 2.05 bits per heavy atom. The smallest absolute Gasteiger partial charge is 0.225 e. The topological polar surface area (TPSA) is 53.5 Å². The average molecular weight is 253 g/mol. The van der Waals surface area contributed by atoms with Crippen molar-refractivity contribution in [3.05, 3.63) is 53.4 Å². The van der Waals surface area contributed by atoms with E-state index in [0.717, 1.165) is 23.4 Å². The van der Waals surface area contributed by atoms with E-state index in [1.807, 2.05) is 48.7 Å². The largest absolute Gasteiger partial charge is 0.347 e. The molecule has 4 nitrogen and oxygen atoms in total. The Balaban J connectivity index is 1.70. The number of amides is 1. The van der Waals surface area contributed by atoms with Gasteiger partial charge in [-0.15, -0.1) is 0 Å². The number of nitrogens with one attached hydrogen (secondary N) is 2. The first kappa shape index (κ1) is 11.7. The van der Waals surface area contributed by atoms with Crippen molar-refractivity contribution in [2.45, 2.75) is 19.0 Å². The van der Waals surface area contributed by atoms with Crippen molar-refractivity contribution >= 4 is 18.2 Å². The van der Waals surface area contributed by atoms with E-state index in [4.69, 9.17) is 0 Å². The predicted octanol–water partition coefficient (Wildman–Crippen LogP) is 1.82. The van der Waals surface area contributed by atoms with Crippen molar-refractivity contribution in [1.29, 1.82) is 0 Å². The zero-order valence-corrected chi connectivity index (χ0v) is 10.5. The zero-order chi connectivity index (χ0) is 13.1. The molecule has 0 aromatic heterocycles. The van der Waals surface area contributed by atoms with Gasteiger partial charge >= 0.3 is 0 Å². The minimum Gasteiger partial charge on any atom is -0.347 e. The molecule has 2 N–H and O–H groups in total. The number of hydrogen-bond donors (Lipinski definition) is 2. The molecule has 2 heterocycles. The van der Waals surface area contributed by atoms with Gasteiger partial charge in [0.2, 0.25) is 5.91 Å². The molecule has 0 saturated heterocycles. The molecule has 1 amide bonds. The zero-order valence-electron chi connectivity index (χ0n) is 10.5. The van der Waals surface area contributed by atoms with Crippen molar-refractivity contribution in [1.82, 2.24) is 10.6 Å². The molecule has 1 aromatic carbocycles. The summed E-state index contributed by atoms with van der Waals surface area (Å²) in [5.74, 6) is 0.862. The number of benzene rings is 1. The molecule has 3 rings (SSSR count). The number of carbonyl (C=O) groups excluding carboxylic acids is 1. The van der Waals surface area contributed by atoms with Crippen LogP contribution in [0, 0.1) is 0 Å². The van der Waals surface area contributed by atoms with Crippen LogP contribution in [-0.4, -0.2) is 18.3 Å². The third-order valence-corrected chi connectivity index (χ3v) is 3.16. The van der Waals surface area contributed by atoms with Gasteiger partial charge in [0.25, 0.3) is 0 Å². The molecule has 2 aliphatic heterocycles. The van der Waals surface area contributed by atoms with Crippen LogP contribution in [0.4, 0.5) is 0 Å². The lowest BCUT2D eigenvalue weighted by molar-refractivity contribution is -0.120. The lowest BCUT2D eigenvalue weighted by atomic mass is 10.1. The van der Waals surface area contributed by atoms with Crippen molar-refractivity contribution in [3.8, 4) is 0 Å². The van der Waals surface area contributed by atoms with E-state index in [-0.39, 0.29) is 12.1 Å². The second-order valence-corrected chi connectivity index (χ2v) is 4.59. The maximum Gasteiger partial charge on any atom is 0.225 e. The third kappa shape index (κ3) is 2.73. The van der Waals surface area contributed by atoms with Crippen LogP contribution in [0.5, 0.6) is 0 Å². The number of allylic oxidation sites excluding steroid dienone is 1. The van der Waals surface area contributed by atoms with Crippen LogP contribution in [0.2, 0.25) is 0 Å². The number of aliphatic imine (C=N–C) groups is 1. The highest BCUT2D eigenvalue weighted by Crippen LogP contribution is 2.16. The Kier molecular flexibility index (Phi) is 3.14. The van der Waals surface area contributed by atoms with Gasteiger partial charge in [0.1, 0.15) is 12.0 Å². The minimum absolute atomic E-state index is 0.0624. The van der Waals surface area contributed by atoms with Crippen LogP contribution in [0.25, 0.3) is 6.08 Å². The summed E-state index contributed by atoms with van der Waals surface area (Å²) in [6.07, 6.45) is 7.02. The molecule has 1 atom stereocenters. The maximum atomic E-state index is 11.4. The molecule has 0 fully saturated rings. The molecule has 2 aliphatic rings. The van der Waals surface area contributed by atoms with Crippen LogP contribution in [-0.2, 0) is 4.79 Å². The van der Waals surface area contributed by atoms with E-state index in [2.05, 4.69) is 15.6 Å². The van der Waals surface area contributed by atoms with Gasteiger partial charge in [-0.1, -0.05) is 36.4 Å². The standard InChI is InChI=1S/C15H15N3O/c19-14-9-7-12-10-16-13(17-15(12)18-14)8-6-11-4-2-1-3-5-11/h1-6,8,10,13,17H,7,9H2,(H,18,19)/b8-6+. The van der Waals surface area contributed by atoms with E-state index in [1.54, 1.807) is 0 Å². The normalized spacial score (nSPS) is 22.1. The predicted molar refractivity (Wildman–Crippen MR) is 75.3 cm³/mol. The van der Waals surface area contributed by atoms with Gasteiger partial charge in [0, 0.05) is 18.2 Å². The molecule has 19 heavy (non-hydrogen) atoms. The molecule has 96 valence electrons. The van der Waals surface area contributed by atoms with Gasteiger partial charge in [-0.05, 0) is 18.1 Å². The number of hydrogen-bond acceptors (Lipinski definition) is 3. The second-order valence-electron chi connectivity index (χ2n) is 4.59. The van der Waals surface area contributed by atoms with E-state index in [0.29, 0.717) is 6.42 Å². The van der Waals surface area contributed by atoms with Crippen LogP contribution >= 0.6 is 0 Å². The Labute approximate surface area is 111 Å². The lowest BCUT2D eigenvalue weighted by Crippen LogP contribution is -2.42. The van der Waals surface area contributed by atoms with Crippen molar-refractivity contribution < 1.29 is 4.79 Å². The third-order valence-electron chi connectivity index (χ3n) is 3.16. The highest BCUT2D eigenvalue weighted by atomic mass is 16.1. The summed E-state index contributed by atoms with van der Waals surface area (Å²) >= 11 is 0. The Morgan fingerprint density at radius 1 is 1.21 bits per heavy atom. The summed E-state index contributed by atoms with van der Waals surface area (Å²) in [5.41, 5.74) is 2.20. The molecule has 0 bridgehead atoms. The summed E-state index contributed by atoms with van der Waals surface area (Å²) in [6.45, 7) is 0. The van der Waals surface area contributed by atoms with E-state index >= 15 is 0 Å². The van der Waals surface area contributed by atoms with Gasteiger partial charge in [0.15, 0.2) is 0 Å².